The minimum Gasteiger partial charge on any atom is -0.354 e. The van der Waals surface area contributed by atoms with Gasteiger partial charge in [0.15, 0.2) is 0 Å². The van der Waals surface area contributed by atoms with E-state index in [0.717, 1.165) is 29.5 Å². The summed E-state index contributed by atoms with van der Waals surface area (Å²) in [6.07, 6.45) is 2.61. The zero-order valence-electron chi connectivity index (χ0n) is 17.9. The molecule has 4 nitrogen and oxygen atoms in total. The van der Waals surface area contributed by atoms with Gasteiger partial charge in [-0.25, -0.2) is 0 Å². The quantitative estimate of drug-likeness (QED) is 0.483. The largest absolute Gasteiger partial charge is 0.354 e. The van der Waals surface area contributed by atoms with Crippen LogP contribution in [0.25, 0.3) is 0 Å². The van der Waals surface area contributed by atoms with Gasteiger partial charge in [0, 0.05) is 13.1 Å². The number of halogens is 2. The molecule has 1 N–H and O–H groups in total. The van der Waals surface area contributed by atoms with E-state index in [1.54, 1.807) is 23.1 Å². The summed E-state index contributed by atoms with van der Waals surface area (Å²) in [6.45, 7) is 7.02. The molecule has 0 aliphatic heterocycles. The van der Waals surface area contributed by atoms with Gasteiger partial charge in [-0.1, -0.05) is 73.8 Å². The van der Waals surface area contributed by atoms with Crippen LogP contribution in [-0.2, 0) is 22.6 Å². The summed E-state index contributed by atoms with van der Waals surface area (Å²) < 4.78 is 0. The lowest BCUT2D eigenvalue weighted by Gasteiger charge is -2.31. The van der Waals surface area contributed by atoms with Gasteiger partial charge in [0.25, 0.3) is 0 Å². The Morgan fingerprint density at radius 1 is 1.07 bits per heavy atom. The molecule has 6 heteroatoms. The molecule has 0 unspecified atom stereocenters. The van der Waals surface area contributed by atoms with Crippen molar-refractivity contribution in [2.45, 2.75) is 59.0 Å². The molecular formula is C24H30Cl2N2O2. The summed E-state index contributed by atoms with van der Waals surface area (Å²) >= 11 is 12.1. The fraction of sp³-hybridized carbons (Fsp3) is 0.417. The van der Waals surface area contributed by atoms with Gasteiger partial charge in [0.05, 0.1) is 16.5 Å². The second kappa shape index (κ2) is 12.0. The van der Waals surface area contributed by atoms with Gasteiger partial charge < -0.3 is 10.2 Å². The number of benzene rings is 2. The van der Waals surface area contributed by atoms with Crippen LogP contribution < -0.4 is 5.32 Å². The molecule has 0 bridgehead atoms. The molecule has 2 aromatic rings. The molecule has 30 heavy (non-hydrogen) atoms. The molecule has 0 saturated carbocycles. The van der Waals surface area contributed by atoms with E-state index in [0.29, 0.717) is 29.6 Å². The molecule has 0 saturated heterocycles. The van der Waals surface area contributed by atoms with Crippen molar-refractivity contribution < 1.29 is 9.59 Å². The third kappa shape index (κ3) is 6.75. The highest BCUT2D eigenvalue weighted by Crippen LogP contribution is 2.24. The first kappa shape index (κ1) is 24.2. The summed E-state index contributed by atoms with van der Waals surface area (Å²) in [7, 11) is 0. The highest BCUT2D eigenvalue weighted by molar-refractivity contribution is 6.42. The van der Waals surface area contributed by atoms with Gasteiger partial charge in [-0.05, 0) is 48.6 Å². The number of nitrogens with one attached hydrogen (secondary N) is 1. The second-order valence-corrected chi connectivity index (χ2v) is 8.26. The van der Waals surface area contributed by atoms with E-state index >= 15 is 0 Å². The van der Waals surface area contributed by atoms with Crippen molar-refractivity contribution in [1.29, 1.82) is 0 Å². The Labute approximate surface area is 189 Å². The highest BCUT2D eigenvalue weighted by atomic mass is 35.5. The van der Waals surface area contributed by atoms with Gasteiger partial charge >= 0.3 is 0 Å². The molecule has 0 aromatic heterocycles. The third-order valence-electron chi connectivity index (χ3n) is 5.16. The van der Waals surface area contributed by atoms with Gasteiger partial charge in [0.1, 0.15) is 6.04 Å². The fourth-order valence-corrected chi connectivity index (χ4v) is 3.64. The lowest BCUT2D eigenvalue weighted by Crippen LogP contribution is -2.49. The van der Waals surface area contributed by atoms with Crippen molar-refractivity contribution in [1.82, 2.24) is 10.2 Å². The lowest BCUT2D eigenvalue weighted by atomic mass is 10.0. The standard InChI is InChI=1S/C24H30Cl2N2O2/c1-4-6-13-27-24(30)22(5-2)28(16-19-10-8-7-9-17(19)3)23(29)15-18-11-12-20(25)21(26)14-18/h7-12,14,22H,4-6,13,15-16H2,1-3H3,(H,27,30)/t22-/m0/s1. The smallest absolute Gasteiger partial charge is 0.242 e. The zero-order chi connectivity index (χ0) is 22.1. The predicted octanol–water partition coefficient (Wildman–Crippen LogP) is 5.57. The summed E-state index contributed by atoms with van der Waals surface area (Å²) in [5, 5.41) is 3.84. The average Bonchev–Trinajstić information content (AvgIpc) is 2.72. The van der Waals surface area contributed by atoms with Crippen LogP contribution >= 0.6 is 23.2 Å². The Hall–Kier alpha value is -2.04. The summed E-state index contributed by atoms with van der Waals surface area (Å²) in [4.78, 5) is 27.9. The maximum atomic E-state index is 13.3. The van der Waals surface area contributed by atoms with E-state index in [2.05, 4.69) is 12.2 Å². The zero-order valence-corrected chi connectivity index (χ0v) is 19.4. The molecular weight excluding hydrogens is 419 g/mol. The molecule has 0 radical (unpaired) electrons. The van der Waals surface area contributed by atoms with E-state index in [1.165, 1.54) is 0 Å². The van der Waals surface area contributed by atoms with Crippen LogP contribution in [0.15, 0.2) is 42.5 Å². The van der Waals surface area contributed by atoms with Crippen molar-refractivity contribution in [2.75, 3.05) is 6.54 Å². The first-order valence-corrected chi connectivity index (χ1v) is 11.2. The number of hydrogen-bond acceptors (Lipinski definition) is 2. The Morgan fingerprint density at radius 2 is 1.80 bits per heavy atom. The van der Waals surface area contributed by atoms with Gasteiger partial charge in [-0.2, -0.15) is 0 Å². The molecule has 162 valence electrons. The van der Waals surface area contributed by atoms with Crippen LogP contribution in [0.1, 0.15) is 49.8 Å². The number of carbonyl (C=O) groups is 2. The molecule has 1 atom stereocenters. The van der Waals surface area contributed by atoms with E-state index in [1.807, 2.05) is 38.1 Å². The minimum absolute atomic E-state index is 0.109. The van der Waals surface area contributed by atoms with E-state index in [4.69, 9.17) is 23.2 Å². The van der Waals surface area contributed by atoms with E-state index in [9.17, 15) is 9.59 Å². The molecule has 2 amide bonds. The maximum absolute atomic E-state index is 13.3. The number of amides is 2. The summed E-state index contributed by atoms with van der Waals surface area (Å²) in [5.74, 6) is -0.226. The van der Waals surface area contributed by atoms with Crippen molar-refractivity contribution in [3.63, 3.8) is 0 Å². The Morgan fingerprint density at radius 3 is 2.43 bits per heavy atom. The van der Waals surface area contributed by atoms with E-state index in [-0.39, 0.29) is 18.2 Å². The number of hydrogen-bond donors (Lipinski definition) is 1. The molecule has 0 aliphatic carbocycles. The fourth-order valence-electron chi connectivity index (χ4n) is 3.32. The first-order valence-electron chi connectivity index (χ1n) is 10.4. The predicted molar refractivity (Wildman–Crippen MR) is 124 cm³/mol. The second-order valence-electron chi connectivity index (χ2n) is 7.44. The van der Waals surface area contributed by atoms with Crippen LogP contribution in [0.3, 0.4) is 0 Å². The lowest BCUT2D eigenvalue weighted by molar-refractivity contribution is -0.140. The Balaban J connectivity index is 2.28. The van der Waals surface area contributed by atoms with E-state index < -0.39 is 6.04 Å². The first-order chi connectivity index (χ1) is 14.4. The SMILES string of the molecule is CCCCNC(=O)[C@H](CC)N(Cc1ccccc1C)C(=O)Cc1ccc(Cl)c(Cl)c1. The van der Waals surface area contributed by atoms with Gasteiger partial charge in [0.2, 0.25) is 11.8 Å². The Bertz CT molecular complexity index is 870. The molecule has 0 aliphatic rings. The summed E-state index contributed by atoms with van der Waals surface area (Å²) in [5.41, 5.74) is 2.89. The molecule has 2 aromatic carbocycles. The van der Waals surface area contributed by atoms with Crippen molar-refractivity contribution in [2.24, 2.45) is 0 Å². The Kier molecular flexibility index (Phi) is 9.67. The van der Waals surface area contributed by atoms with Crippen LogP contribution in [0, 0.1) is 6.92 Å². The van der Waals surface area contributed by atoms with Crippen LogP contribution in [0.2, 0.25) is 10.0 Å². The monoisotopic (exact) mass is 448 g/mol. The summed E-state index contributed by atoms with van der Waals surface area (Å²) in [6, 6.07) is 12.6. The maximum Gasteiger partial charge on any atom is 0.242 e. The molecule has 0 fully saturated rings. The number of nitrogens with zero attached hydrogens (tertiary/aromatic N) is 1. The number of rotatable bonds is 10. The molecule has 2 rings (SSSR count). The topological polar surface area (TPSA) is 49.4 Å². The van der Waals surface area contributed by atoms with Crippen LogP contribution in [0.4, 0.5) is 0 Å². The van der Waals surface area contributed by atoms with Gasteiger partial charge in [-0.3, -0.25) is 9.59 Å². The minimum atomic E-state index is -0.531. The number of carbonyl (C=O) groups excluding carboxylic acids is 2. The van der Waals surface area contributed by atoms with Crippen LogP contribution in [-0.4, -0.2) is 29.3 Å². The van der Waals surface area contributed by atoms with Crippen molar-refractivity contribution >= 4 is 35.0 Å². The molecule has 0 heterocycles. The normalized spacial score (nSPS) is 11.8. The molecule has 0 spiro atoms. The van der Waals surface area contributed by atoms with Crippen LogP contribution in [0.5, 0.6) is 0 Å². The van der Waals surface area contributed by atoms with Crippen molar-refractivity contribution in [3.8, 4) is 0 Å². The van der Waals surface area contributed by atoms with Crippen molar-refractivity contribution in [3.05, 3.63) is 69.2 Å². The number of aryl methyl sites for hydroxylation is 1. The number of unbranched alkanes of at least 4 members (excludes halogenated alkanes) is 1. The highest BCUT2D eigenvalue weighted by Gasteiger charge is 2.28. The van der Waals surface area contributed by atoms with Gasteiger partial charge in [-0.15, -0.1) is 0 Å². The average molecular weight is 449 g/mol. The third-order valence-corrected chi connectivity index (χ3v) is 5.90.